The summed E-state index contributed by atoms with van der Waals surface area (Å²) in [6.07, 6.45) is 0.974. The first-order chi connectivity index (χ1) is 13.7. The van der Waals surface area contributed by atoms with Gasteiger partial charge in [0.25, 0.3) is 5.91 Å². The molecule has 0 bridgehead atoms. The third kappa shape index (κ3) is 5.44. The van der Waals surface area contributed by atoms with Crippen LogP contribution in [0.3, 0.4) is 0 Å². The highest BCUT2D eigenvalue weighted by atomic mass is 19.1. The van der Waals surface area contributed by atoms with Crippen molar-refractivity contribution in [2.45, 2.75) is 45.4 Å². The Labute approximate surface area is 169 Å². The van der Waals surface area contributed by atoms with Crippen LogP contribution in [0.5, 0.6) is 0 Å². The van der Waals surface area contributed by atoms with Crippen LogP contribution < -0.4 is 0 Å². The minimum absolute atomic E-state index is 0.0876. The second kappa shape index (κ2) is 8.47. The molecule has 1 atom stereocenters. The van der Waals surface area contributed by atoms with Gasteiger partial charge >= 0.3 is 6.09 Å². The minimum atomic E-state index is -0.736. The van der Waals surface area contributed by atoms with Crippen molar-refractivity contribution in [1.82, 2.24) is 4.90 Å². The summed E-state index contributed by atoms with van der Waals surface area (Å²) in [5.41, 5.74) is 0.841. The van der Waals surface area contributed by atoms with Gasteiger partial charge in [-0.05, 0) is 44.0 Å². The molecule has 1 aliphatic heterocycles. The van der Waals surface area contributed by atoms with Gasteiger partial charge in [0, 0.05) is 12.5 Å². The molecule has 1 heterocycles. The number of benzene rings is 2. The average molecular weight is 397 g/mol. The highest BCUT2D eigenvalue weighted by Gasteiger charge is 2.41. The molecule has 5 nitrogen and oxygen atoms in total. The van der Waals surface area contributed by atoms with E-state index in [0.717, 1.165) is 10.5 Å². The zero-order valence-corrected chi connectivity index (χ0v) is 16.7. The third-order valence-electron chi connectivity index (χ3n) is 4.30. The van der Waals surface area contributed by atoms with E-state index in [2.05, 4.69) is 0 Å². The molecule has 0 N–H and O–H groups in total. The zero-order valence-electron chi connectivity index (χ0n) is 16.7. The van der Waals surface area contributed by atoms with Gasteiger partial charge in [-0.1, -0.05) is 42.5 Å². The fourth-order valence-corrected chi connectivity index (χ4v) is 3.06. The second-order valence-electron chi connectivity index (χ2n) is 7.86. The molecule has 3 rings (SSSR count). The topological polar surface area (TPSA) is 55.8 Å². The van der Waals surface area contributed by atoms with Gasteiger partial charge in [0.2, 0.25) is 0 Å². The second-order valence-corrected chi connectivity index (χ2v) is 7.86. The third-order valence-corrected chi connectivity index (χ3v) is 4.30. The van der Waals surface area contributed by atoms with Gasteiger partial charge < -0.3 is 9.47 Å². The van der Waals surface area contributed by atoms with Crippen LogP contribution in [-0.4, -0.2) is 28.5 Å². The summed E-state index contributed by atoms with van der Waals surface area (Å²) >= 11 is 0. The standard InChI is InChI=1S/C23H24FNO4/c1-23(2,3)29-22(27)25-19(13-16-8-5-4-6-9-16)20(14-21(25)26)28-15-17-10-7-11-18(24)12-17/h4-12,14,19H,13,15H2,1-3H3/t19-/m0/s1. The summed E-state index contributed by atoms with van der Waals surface area (Å²) in [7, 11) is 0. The molecule has 2 aromatic carbocycles. The molecule has 2 amide bonds. The Morgan fingerprint density at radius 1 is 1.07 bits per heavy atom. The Morgan fingerprint density at radius 3 is 2.41 bits per heavy atom. The maximum atomic E-state index is 13.4. The van der Waals surface area contributed by atoms with Crippen molar-refractivity contribution in [3.63, 3.8) is 0 Å². The number of hydrogen-bond donors (Lipinski definition) is 0. The van der Waals surface area contributed by atoms with E-state index in [4.69, 9.17) is 9.47 Å². The summed E-state index contributed by atoms with van der Waals surface area (Å²) in [5.74, 6) is -0.498. The van der Waals surface area contributed by atoms with Gasteiger partial charge in [-0.3, -0.25) is 4.79 Å². The van der Waals surface area contributed by atoms with Crippen LogP contribution in [0, 0.1) is 5.82 Å². The van der Waals surface area contributed by atoms with E-state index in [1.807, 2.05) is 30.3 Å². The first-order valence-electron chi connectivity index (χ1n) is 9.42. The van der Waals surface area contributed by atoms with E-state index in [1.165, 1.54) is 18.2 Å². The number of hydrogen-bond acceptors (Lipinski definition) is 4. The van der Waals surface area contributed by atoms with Crippen molar-refractivity contribution in [1.29, 1.82) is 0 Å². The van der Waals surface area contributed by atoms with Crippen LogP contribution in [0.1, 0.15) is 31.9 Å². The predicted molar refractivity (Wildman–Crippen MR) is 106 cm³/mol. The largest absolute Gasteiger partial charge is 0.491 e. The molecule has 0 spiro atoms. The molecule has 6 heteroatoms. The van der Waals surface area contributed by atoms with E-state index >= 15 is 0 Å². The Bertz CT molecular complexity index is 918. The molecule has 0 saturated carbocycles. The van der Waals surface area contributed by atoms with Gasteiger partial charge in [-0.15, -0.1) is 0 Å². The lowest BCUT2D eigenvalue weighted by Crippen LogP contribution is -2.44. The highest BCUT2D eigenvalue weighted by molar-refractivity contribution is 6.02. The number of carbonyl (C=O) groups excluding carboxylic acids is 2. The maximum Gasteiger partial charge on any atom is 0.418 e. The number of carbonyl (C=O) groups is 2. The highest BCUT2D eigenvalue weighted by Crippen LogP contribution is 2.27. The lowest BCUT2D eigenvalue weighted by Gasteiger charge is -2.28. The summed E-state index contributed by atoms with van der Waals surface area (Å²) in [4.78, 5) is 26.4. The normalized spacial score (nSPS) is 16.6. The molecule has 0 unspecified atom stereocenters. The molecule has 29 heavy (non-hydrogen) atoms. The monoisotopic (exact) mass is 397 g/mol. The lowest BCUT2D eigenvalue weighted by atomic mass is 10.0. The SMILES string of the molecule is CC(C)(C)OC(=O)N1C(=O)C=C(OCc2cccc(F)c2)[C@@H]1Cc1ccccc1. The Kier molecular flexibility index (Phi) is 6.01. The van der Waals surface area contributed by atoms with E-state index in [1.54, 1.807) is 32.9 Å². The molecule has 0 aliphatic carbocycles. The van der Waals surface area contributed by atoms with Crippen LogP contribution in [0.2, 0.25) is 0 Å². The lowest BCUT2D eigenvalue weighted by molar-refractivity contribution is -0.125. The molecular formula is C23H24FNO4. The van der Waals surface area contributed by atoms with E-state index in [9.17, 15) is 14.0 Å². The van der Waals surface area contributed by atoms with Crippen LogP contribution in [0.25, 0.3) is 0 Å². The van der Waals surface area contributed by atoms with Gasteiger partial charge in [0.05, 0.1) is 0 Å². The van der Waals surface area contributed by atoms with Crippen molar-refractivity contribution in [3.05, 3.63) is 83.4 Å². The van der Waals surface area contributed by atoms with Crippen molar-refractivity contribution < 1.29 is 23.5 Å². The number of rotatable bonds is 5. The molecule has 0 saturated heterocycles. The Balaban J connectivity index is 1.82. The van der Waals surface area contributed by atoms with E-state index < -0.39 is 23.6 Å². The first kappa shape index (κ1) is 20.6. The van der Waals surface area contributed by atoms with Crippen molar-refractivity contribution >= 4 is 12.0 Å². The number of halogens is 1. The smallest absolute Gasteiger partial charge is 0.418 e. The molecule has 0 radical (unpaired) electrons. The van der Waals surface area contributed by atoms with E-state index in [-0.39, 0.29) is 12.4 Å². The van der Waals surface area contributed by atoms with Gasteiger partial charge in [-0.2, -0.15) is 0 Å². The molecule has 2 aromatic rings. The first-order valence-corrected chi connectivity index (χ1v) is 9.42. The van der Waals surface area contributed by atoms with Crippen LogP contribution in [0.4, 0.5) is 9.18 Å². The van der Waals surface area contributed by atoms with Crippen LogP contribution >= 0.6 is 0 Å². The molecular weight excluding hydrogens is 373 g/mol. The molecule has 0 aromatic heterocycles. The number of nitrogens with zero attached hydrogens (tertiary/aromatic N) is 1. The average Bonchev–Trinajstić information content (AvgIpc) is 2.95. The van der Waals surface area contributed by atoms with Crippen molar-refractivity contribution in [3.8, 4) is 0 Å². The summed E-state index contributed by atoms with van der Waals surface area (Å²) < 4.78 is 24.7. The van der Waals surface area contributed by atoms with Crippen molar-refractivity contribution in [2.75, 3.05) is 0 Å². The predicted octanol–water partition coefficient (Wildman–Crippen LogP) is 4.61. The Morgan fingerprint density at radius 2 is 1.76 bits per heavy atom. The number of amides is 2. The summed E-state index contributed by atoms with van der Waals surface area (Å²) in [5, 5.41) is 0. The quantitative estimate of drug-likeness (QED) is 0.739. The number of imide groups is 1. The molecule has 152 valence electrons. The summed E-state index contributed by atoms with van der Waals surface area (Å²) in [6, 6.07) is 14.9. The fourth-order valence-electron chi connectivity index (χ4n) is 3.06. The van der Waals surface area contributed by atoms with Gasteiger partial charge in [-0.25, -0.2) is 14.1 Å². The zero-order chi connectivity index (χ0) is 21.0. The molecule has 0 fully saturated rings. The van der Waals surface area contributed by atoms with Crippen LogP contribution in [0.15, 0.2) is 66.4 Å². The minimum Gasteiger partial charge on any atom is -0.491 e. The van der Waals surface area contributed by atoms with Gasteiger partial charge in [0.15, 0.2) is 0 Å². The van der Waals surface area contributed by atoms with Gasteiger partial charge in [0.1, 0.15) is 29.8 Å². The fraction of sp³-hybridized carbons (Fsp3) is 0.304. The maximum absolute atomic E-state index is 13.4. The summed E-state index contributed by atoms with van der Waals surface area (Å²) in [6.45, 7) is 5.32. The van der Waals surface area contributed by atoms with E-state index in [0.29, 0.717) is 17.7 Å². The van der Waals surface area contributed by atoms with Crippen molar-refractivity contribution in [2.24, 2.45) is 0 Å². The number of ether oxygens (including phenoxy) is 2. The molecule has 1 aliphatic rings. The van der Waals surface area contributed by atoms with Crippen LogP contribution in [-0.2, 0) is 27.3 Å². The Hall–Kier alpha value is -3.15.